The molecule has 1 N–H and O–H groups in total. The zero-order valence-electron chi connectivity index (χ0n) is 8.77. The molecule has 0 aliphatic carbocycles. The van der Waals surface area contributed by atoms with Crippen LogP contribution in [0.25, 0.3) is 0 Å². The number of halogens is 1. The van der Waals surface area contributed by atoms with Crippen molar-refractivity contribution in [2.75, 3.05) is 6.54 Å². The Kier molecular flexibility index (Phi) is 2.86. The Balaban J connectivity index is 2.01. The van der Waals surface area contributed by atoms with Crippen LogP contribution >= 0.6 is 0 Å². The summed E-state index contributed by atoms with van der Waals surface area (Å²) in [5.74, 6) is -2.17. The lowest BCUT2D eigenvalue weighted by molar-refractivity contribution is -0.140. The topological polar surface area (TPSA) is 66.5 Å². The fourth-order valence-electron chi connectivity index (χ4n) is 1.57. The van der Waals surface area contributed by atoms with E-state index in [0.29, 0.717) is 12.0 Å². The van der Waals surface area contributed by atoms with Crippen LogP contribution in [0.2, 0.25) is 0 Å². The van der Waals surface area contributed by atoms with Gasteiger partial charge in [0.1, 0.15) is 5.82 Å². The van der Waals surface area contributed by atoms with Crippen molar-refractivity contribution in [3.8, 4) is 0 Å². The van der Waals surface area contributed by atoms with E-state index in [1.165, 1.54) is 12.1 Å². The molecule has 1 aromatic rings. The van der Waals surface area contributed by atoms with Crippen molar-refractivity contribution >= 4 is 17.8 Å². The Labute approximate surface area is 96.2 Å². The maximum Gasteiger partial charge on any atom is 0.331 e. The molecule has 1 aromatic carbocycles. The van der Waals surface area contributed by atoms with E-state index in [1.54, 1.807) is 12.1 Å². The van der Waals surface area contributed by atoms with Gasteiger partial charge in [-0.25, -0.2) is 9.18 Å². The number of hydrogen-bond acceptors (Lipinski definition) is 3. The highest BCUT2D eigenvalue weighted by atomic mass is 19.1. The fourth-order valence-corrected chi connectivity index (χ4v) is 1.57. The van der Waals surface area contributed by atoms with Crippen molar-refractivity contribution in [1.82, 2.24) is 10.2 Å². The van der Waals surface area contributed by atoms with Crippen molar-refractivity contribution in [3.05, 3.63) is 35.6 Å². The van der Waals surface area contributed by atoms with Gasteiger partial charge < -0.3 is 0 Å². The van der Waals surface area contributed by atoms with Crippen molar-refractivity contribution in [1.29, 1.82) is 0 Å². The molecule has 1 aliphatic rings. The average molecular weight is 236 g/mol. The molecule has 6 heteroatoms. The molecule has 0 aromatic heterocycles. The molecule has 0 saturated carbocycles. The van der Waals surface area contributed by atoms with Crippen LogP contribution in [0.3, 0.4) is 0 Å². The van der Waals surface area contributed by atoms with Crippen LogP contribution in [0.5, 0.6) is 0 Å². The number of urea groups is 1. The molecule has 0 atom stereocenters. The van der Waals surface area contributed by atoms with Crippen LogP contribution in [0.15, 0.2) is 24.3 Å². The first-order valence-electron chi connectivity index (χ1n) is 4.99. The van der Waals surface area contributed by atoms with Gasteiger partial charge in [-0.2, -0.15) is 0 Å². The lowest BCUT2D eigenvalue weighted by atomic mass is 10.1. The van der Waals surface area contributed by atoms with Gasteiger partial charge in [0.15, 0.2) is 0 Å². The van der Waals surface area contributed by atoms with Gasteiger partial charge in [0.2, 0.25) is 0 Å². The zero-order chi connectivity index (χ0) is 12.4. The van der Waals surface area contributed by atoms with E-state index in [1.807, 2.05) is 5.32 Å². The summed E-state index contributed by atoms with van der Waals surface area (Å²) < 4.78 is 12.9. The Hall–Kier alpha value is -2.24. The van der Waals surface area contributed by atoms with Gasteiger partial charge in [0, 0.05) is 6.54 Å². The summed E-state index contributed by atoms with van der Waals surface area (Å²) in [6.45, 7) is 0.0554. The lowest BCUT2D eigenvalue weighted by Crippen LogP contribution is -2.32. The highest BCUT2D eigenvalue weighted by Gasteiger charge is 2.36. The van der Waals surface area contributed by atoms with E-state index in [9.17, 15) is 18.8 Å². The molecular weight excluding hydrogens is 227 g/mol. The van der Waals surface area contributed by atoms with E-state index >= 15 is 0 Å². The Bertz CT molecular complexity index is 501. The summed E-state index contributed by atoms with van der Waals surface area (Å²) in [5.41, 5.74) is 0.657. The highest BCUT2D eigenvalue weighted by molar-refractivity contribution is 6.44. The number of rotatable bonds is 3. The molecule has 1 saturated heterocycles. The van der Waals surface area contributed by atoms with Crippen LogP contribution in [-0.2, 0) is 16.0 Å². The molecule has 1 fully saturated rings. The SMILES string of the molecule is O=C1NC(=O)N(CCc2cccc(F)c2)C1=O. The summed E-state index contributed by atoms with van der Waals surface area (Å²) in [7, 11) is 0. The second-order valence-electron chi connectivity index (χ2n) is 3.60. The predicted octanol–water partition coefficient (Wildman–Crippen LogP) is 0.447. The molecule has 2 rings (SSSR count). The van der Waals surface area contributed by atoms with Crippen molar-refractivity contribution in [2.45, 2.75) is 6.42 Å². The molecule has 1 heterocycles. The van der Waals surface area contributed by atoms with Gasteiger partial charge in [0.25, 0.3) is 0 Å². The average Bonchev–Trinajstić information content (AvgIpc) is 2.51. The minimum atomic E-state index is -0.922. The van der Waals surface area contributed by atoms with Gasteiger partial charge in [-0.3, -0.25) is 19.8 Å². The number of nitrogens with one attached hydrogen (secondary N) is 1. The standard InChI is InChI=1S/C11H9FN2O3/c12-8-3-1-2-7(6-8)4-5-14-10(16)9(15)13-11(14)17/h1-3,6H,4-5H2,(H,13,15,17). The van der Waals surface area contributed by atoms with Crippen LogP contribution in [0.1, 0.15) is 5.56 Å². The number of nitrogens with zero attached hydrogens (tertiary/aromatic N) is 1. The van der Waals surface area contributed by atoms with Crippen molar-refractivity contribution in [3.63, 3.8) is 0 Å². The number of benzene rings is 1. The quantitative estimate of drug-likeness (QED) is 0.612. The number of imide groups is 2. The smallest absolute Gasteiger partial charge is 0.269 e. The van der Waals surface area contributed by atoms with E-state index in [0.717, 1.165) is 4.90 Å². The van der Waals surface area contributed by atoms with Crippen LogP contribution in [0.4, 0.5) is 9.18 Å². The van der Waals surface area contributed by atoms with Crippen LogP contribution in [-0.4, -0.2) is 29.3 Å². The Morgan fingerprint density at radius 2 is 2.00 bits per heavy atom. The molecule has 17 heavy (non-hydrogen) atoms. The third-order valence-corrected chi connectivity index (χ3v) is 2.42. The minimum absolute atomic E-state index is 0.0554. The van der Waals surface area contributed by atoms with Crippen molar-refractivity contribution in [2.24, 2.45) is 0 Å². The molecule has 5 nitrogen and oxygen atoms in total. The van der Waals surface area contributed by atoms with Gasteiger partial charge in [-0.1, -0.05) is 12.1 Å². The fraction of sp³-hybridized carbons (Fsp3) is 0.182. The first kappa shape index (κ1) is 11.3. The zero-order valence-corrected chi connectivity index (χ0v) is 8.77. The largest absolute Gasteiger partial charge is 0.331 e. The van der Waals surface area contributed by atoms with Gasteiger partial charge in [-0.15, -0.1) is 0 Å². The summed E-state index contributed by atoms with van der Waals surface area (Å²) in [5, 5.41) is 1.89. The summed E-state index contributed by atoms with van der Waals surface area (Å²) in [6, 6.07) is 5.13. The maximum atomic E-state index is 12.9. The second kappa shape index (κ2) is 4.32. The monoisotopic (exact) mass is 236 g/mol. The second-order valence-corrected chi connectivity index (χ2v) is 3.60. The normalized spacial score (nSPS) is 15.4. The maximum absolute atomic E-state index is 12.9. The van der Waals surface area contributed by atoms with Crippen LogP contribution < -0.4 is 5.32 Å². The number of carbonyl (C=O) groups excluding carboxylic acids is 3. The number of amides is 4. The molecule has 4 amide bonds. The Morgan fingerprint density at radius 1 is 1.24 bits per heavy atom. The molecule has 0 bridgehead atoms. The first-order valence-corrected chi connectivity index (χ1v) is 4.99. The molecule has 0 radical (unpaired) electrons. The third-order valence-electron chi connectivity index (χ3n) is 2.42. The number of carbonyl (C=O) groups is 3. The molecule has 0 unspecified atom stereocenters. The number of hydrogen-bond donors (Lipinski definition) is 1. The highest BCUT2D eigenvalue weighted by Crippen LogP contribution is 2.07. The van der Waals surface area contributed by atoms with Gasteiger partial charge in [0.05, 0.1) is 0 Å². The van der Waals surface area contributed by atoms with E-state index in [4.69, 9.17) is 0 Å². The molecular formula is C11H9FN2O3. The summed E-state index contributed by atoms with van der Waals surface area (Å²) >= 11 is 0. The lowest BCUT2D eigenvalue weighted by Gasteiger charge is -2.10. The predicted molar refractivity (Wildman–Crippen MR) is 55.4 cm³/mol. The first-order chi connectivity index (χ1) is 8.08. The molecule has 0 spiro atoms. The van der Waals surface area contributed by atoms with E-state index in [-0.39, 0.29) is 12.4 Å². The van der Waals surface area contributed by atoms with Crippen molar-refractivity contribution < 1.29 is 18.8 Å². The third kappa shape index (κ3) is 2.30. The molecule has 1 aliphatic heterocycles. The summed E-state index contributed by atoms with van der Waals surface area (Å²) in [6.07, 6.45) is 0.310. The summed E-state index contributed by atoms with van der Waals surface area (Å²) in [4.78, 5) is 34.1. The molecule has 88 valence electrons. The van der Waals surface area contributed by atoms with Gasteiger partial charge >= 0.3 is 17.8 Å². The Morgan fingerprint density at radius 3 is 2.59 bits per heavy atom. The van der Waals surface area contributed by atoms with E-state index < -0.39 is 17.8 Å². The van der Waals surface area contributed by atoms with Gasteiger partial charge in [-0.05, 0) is 24.1 Å². The van der Waals surface area contributed by atoms with E-state index in [2.05, 4.69) is 0 Å². The van der Waals surface area contributed by atoms with Crippen LogP contribution in [0, 0.1) is 5.82 Å². The minimum Gasteiger partial charge on any atom is -0.269 e.